The Labute approximate surface area is 115 Å². The topological polar surface area (TPSA) is 20.2 Å². The molecule has 0 unspecified atom stereocenters. The fourth-order valence-corrected chi connectivity index (χ4v) is 1.91. The molecule has 0 radical (unpaired) electrons. The summed E-state index contributed by atoms with van der Waals surface area (Å²) in [6.45, 7) is 6.62. The summed E-state index contributed by atoms with van der Waals surface area (Å²) in [4.78, 5) is 0. The zero-order valence-corrected chi connectivity index (χ0v) is 11.7. The predicted octanol–water partition coefficient (Wildman–Crippen LogP) is 4.86. The Balaban J connectivity index is 2.19. The second-order valence-electron chi connectivity index (χ2n) is 5.76. The van der Waals surface area contributed by atoms with E-state index in [1.165, 1.54) is 5.56 Å². The first-order valence-electron chi connectivity index (χ1n) is 6.53. The zero-order chi connectivity index (χ0) is 13.9. The third kappa shape index (κ3) is 3.47. The fraction of sp³-hybridized carbons (Fsp3) is 0.222. The molecule has 0 aliphatic heterocycles. The summed E-state index contributed by atoms with van der Waals surface area (Å²) in [6, 6.07) is 15.9. The van der Waals surface area contributed by atoms with Gasteiger partial charge in [0.1, 0.15) is 5.75 Å². The average Bonchev–Trinajstić information content (AvgIpc) is 2.37. The monoisotopic (exact) mass is 252 g/mol. The Morgan fingerprint density at radius 2 is 1.47 bits per heavy atom. The second-order valence-corrected chi connectivity index (χ2v) is 5.76. The molecule has 2 rings (SSSR count). The van der Waals surface area contributed by atoms with Crippen LogP contribution in [0.4, 0.5) is 0 Å². The molecule has 0 aliphatic rings. The summed E-state index contributed by atoms with van der Waals surface area (Å²) < 4.78 is 0. The minimum Gasteiger partial charge on any atom is -0.507 e. The van der Waals surface area contributed by atoms with Crippen LogP contribution < -0.4 is 0 Å². The number of phenols is 1. The normalized spacial score (nSPS) is 11.9. The van der Waals surface area contributed by atoms with Crippen molar-refractivity contribution >= 4 is 12.2 Å². The van der Waals surface area contributed by atoms with Crippen LogP contribution in [0.1, 0.15) is 37.5 Å². The lowest BCUT2D eigenvalue weighted by Gasteiger charge is -2.18. The van der Waals surface area contributed by atoms with Crippen molar-refractivity contribution in [3.8, 4) is 5.75 Å². The number of benzene rings is 2. The minimum atomic E-state index is 0.180. The van der Waals surface area contributed by atoms with Crippen molar-refractivity contribution in [3.63, 3.8) is 0 Å². The molecule has 0 saturated carbocycles. The van der Waals surface area contributed by atoms with Gasteiger partial charge in [0.25, 0.3) is 0 Å². The van der Waals surface area contributed by atoms with Crippen molar-refractivity contribution < 1.29 is 5.11 Å². The van der Waals surface area contributed by atoms with Crippen LogP contribution in [0.3, 0.4) is 0 Å². The molecular weight excluding hydrogens is 232 g/mol. The fourth-order valence-electron chi connectivity index (χ4n) is 1.91. The van der Waals surface area contributed by atoms with E-state index in [2.05, 4.69) is 45.0 Å². The van der Waals surface area contributed by atoms with E-state index in [1.54, 1.807) is 6.07 Å². The third-order valence-corrected chi connectivity index (χ3v) is 3.17. The van der Waals surface area contributed by atoms with E-state index in [0.717, 1.165) is 11.1 Å². The molecular formula is C18H20O. The van der Waals surface area contributed by atoms with Crippen LogP contribution >= 0.6 is 0 Å². The number of phenolic OH excluding ortho intramolecular Hbond substituents is 1. The van der Waals surface area contributed by atoms with Crippen LogP contribution in [0.2, 0.25) is 0 Å². The van der Waals surface area contributed by atoms with Gasteiger partial charge in [0, 0.05) is 5.56 Å². The van der Waals surface area contributed by atoms with Crippen molar-refractivity contribution in [3.05, 3.63) is 65.2 Å². The van der Waals surface area contributed by atoms with Crippen LogP contribution in [0, 0.1) is 0 Å². The molecule has 0 atom stereocenters. The highest BCUT2D eigenvalue weighted by atomic mass is 16.3. The minimum absolute atomic E-state index is 0.180. The number of hydrogen-bond donors (Lipinski definition) is 1. The van der Waals surface area contributed by atoms with Crippen molar-refractivity contribution in [2.75, 3.05) is 0 Å². The number of hydrogen-bond acceptors (Lipinski definition) is 1. The molecule has 1 heteroatoms. The van der Waals surface area contributed by atoms with Gasteiger partial charge in [0.05, 0.1) is 0 Å². The third-order valence-electron chi connectivity index (χ3n) is 3.17. The van der Waals surface area contributed by atoms with Crippen molar-refractivity contribution in [2.24, 2.45) is 0 Å². The Hall–Kier alpha value is -2.02. The van der Waals surface area contributed by atoms with Crippen molar-refractivity contribution in [2.45, 2.75) is 26.2 Å². The van der Waals surface area contributed by atoms with Gasteiger partial charge in [-0.05, 0) is 22.6 Å². The maximum Gasteiger partial charge on any atom is 0.122 e. The van der Waals surface area contributed by atoms with Gasteiger partial charge >= 0.3 is 0 Å². The number of aromatic hydroxyl groups is 1. The molecule has 2 aromatic rings. The van der Waals surface area contributed by atoms with E-state index >= 15 is 0 Å². The molecule has 0 aliphatic carbocycles. The van der Waals surface area contributed by atoms with Gasteiger partial charge in [0.15, 0.2) is 0 Å². The van der Waals surface area contributed by atoms with Gasteiger partial charge in [-0.1, -0.05) is 75.4 Å². The molecule has 1 nitrogen and oxygen atoms in total. The molecule has 0 heterocycles. The second kappa shape index (κ2) is 5.31. The van der Waals surface area contributed by atoms with E-state index in [-0.39, 0.29) is 5.41 Å². The first-order valence-corrected chi connectivity index (χ1v) is 6.53. The predicted molar refractivity (Wildman–Crippen MR) is 82.2 cm³/mol. The Bertz CT molecular complexity index is 571. The molecule has 19 heavy (non-hydrogen) atoms. The van der Waals surface area contributed by atoms with Crippen LogP contribution in [-0.4, -0.2) is 5.11 Å². The van der Waals surface area contributed by atoms with E-state index in [1.807, 2.05) is 30.4 Å². The van der Waals surface area contributed by atoms with Crippen LogP contribution in [-0.2, 0) is 5.41 Å². The highest BCUT2D eigenvalue weighted by molar-refractivity contribution is 5.72. The Morgan fingerprint density at radius 1 is 0.842 bits per heavy atom. The average molecular weight is 252 g/mol. The summed E-state index contributed by atoms with van der Waals surface area (Å²) in [7, 11) is 0. The van der Waals surface area contributed by atoms with E-state index < -0.39 is 0 Å². The maximum absolute atomic E-state index is 9.69. The van der Waals surface area contributed by atoms with Gasteiger partial charge < -0.3 is 5.11 Å². The summed E-state index contributed by atoms with van der Waals surface area (Å²) in [6.07, 6.45) is 3.95. The first-order chi connectivity index (χ1) is 8.97. The lowest BCUT2D eigenvalue weighted by Crippen LogP contribution is -2.10. The summed E-state index contributed by atoms with van der Waals surface area (Å²) in [5.74, 6) is 0.310. The molecule has 98 valence electrons. The Kier molecular flexibility index (Phi) is 3.75. The highest BCUT2D eigenvalue weighted by Gasteiger charge is 2.12. The highest BCUT2D eigenvalue weighted by Crippen LogP contribution is 2.23. The van der Waals surface area contributed by atoms with Gasteiger partial charge in [-0.15, -0.1) is 0 Å². The molecule has 0 aromatic heterocycles. The van der Waals surface area contributed by atoms with E-state index in [9.17, 15) is 5.11 Å². The smallest absolute Gasteiger partial charge is 0.122 e. The number of para-hydroxylation sites is 1. The molecule has 2 aromatic carbocycles. The van der Waals surface area contributed by atoms with Gasteiger partial charge in [-0.3, -0.25) is 0 Å². The zero-order valence-electron chi connectivity index (χ0n) is 11.7. The van der Waals surface area contributed by atoms with E-state index in [4.69, 9.17) is 0 Å². The molecule has 0 bridgehead atoms. The van der Waals surface area contributed by atoms with Crippen molar-refractivity contribution in [1.82, 2.24) is 0 Å². The van der Waals surface area contributed by atoms with Crippen LogP contribution in [0.15, 0.2) is 48.5 Å². The molecule has 0 fully saturated rings. The standard InChI is InChI=1S/C18H20O/c1-18(2,3)16-12-9-14(10-13-16)8-11-15-6-4-5-7-17(15)19/h4-13,19H,1-3H3/b11-8+. The van der Waals surface area contributed by atoms with Crippen LogP contribution in [0.5, 0.6) is 5.75 Å². The Morgan fingerprint density at radius 3 is 2.05 bits per heavy atom. The largest absolute Gasteiger partial charge is 0.507 e. The molecule has 0 saturated heterocycles. The summed E-state index contributed by atoms with van der Waals surface area (Å²) >= 11 is 0. The first kappa shape index (κ1) is 13.4. The molecule has 0 spiro atoms. The van der Waals surface area contributed by atoms with Gasteiger partial charge in [-0.25, -0.2) is 0 Å². The molecule has 1 N–H and O–H groups in total. The summed E-state index contributed by atoms with van der Waals surface area (Å²) in [5, 5.41) is 9.69. The quantitative estimate of drug-likeness (QED) is 0.757. The summed E-state index contributed by atoms with van der Waals surface area (Å²) in [5.41, 5.74) is 3.48. The van der Waals surface area contributed by atoms with Gasteiger partial charge in [-0.2, -0.15) is 0 Å². The molecule has 0 amide bonds. The maximum atomic E-state index is 9.69. The van der Waals surface area contributed by atoms with Gasteiger partial charge in [0.2, 0.25) is 0 Å². The SMILES string of the molecule is CC(C)(C)c1ccc(/C=C/c2ccccc2O)cc1. The van der Waals surface area contributed by atoms with E-state index in [0.29, 0.717) is 5.75 Å². The van der Waals surface area contributed by atoms with Crippen LogP contribution in [0.25, 0.3) is 12.2 Å². The van der Waals surface area contributed by atoms with Crippen molar-refractivity contribution in [1.29, 1.82) is 0 Å². The lowest BCUT2D eigenvalue weighted by atomic mass is 9.87. The lowest BCUT2D eigenvalue weighted by molar-refractivity contribution is 0.474. The number of rotatable bonds is 2.